The van der Waals surface area contributed by atoms with Crippen LogP contribution < -0.4 is 16.0 Å². The molecule has 0 saturated carbocycles. The van der Waals surface area contributed by atoms with Crippen LogP contribution in [0.15, 0.2) is 59.8 Å². The van der Waals surface area contributed by atoms with Gasteiger partial charge in [0.05, 0.1) is 28.5 Å². The molecule has 2 aromatic carbocycles. The van der Waals surface area contributed by atoms with E-state index >= 15 is 0 Å². The number of nitrogens with one attached hydrogen (secondary N) is 1. The predicted molar refractivity (Wildman–Crippen MR) is 109 cm³/mol. The molecule has 1 unspecified atom stereocenters. The van der Waals surface area contributed by atoms with Crippen LogP contribution in [0.25, 0.3) is 0 Å². The van der Waals surface area contributed by atoms with Crippen LogP contribution >= 0.6 is 0 Å². The molecule has 168 valence electrons. The van der Waals surface area contributed by atoms with Gasteiger partial charge in [0.15, 0.2) is 0 Å². The van der Waals surface area contributed by atoms with Crippen LogP contribution in [0.2, 0.25) is 0 Å². The second-order valence-corrected chi connectivity index (χ2v) is 7.38. The summed E-state index contributed by atoms with van der Waals surface area (Å²) in [5.74, 6) is -0.582. The first-order valence-corrected chi connectivity index (χ1v) is 9.75. The Morgan fingerprint density at radius 3 is 2.45 bits per heavy atom. The van der Waals surface area contributed by atoms with Crippen LogP contribution in [0.5, 0.6) is 0 Å². The van der Waals surface area contributed by atoms with Gasteiger partial charge in [0.2, 0.25) is 0 Å². The van der Waals surface area contributed by atoms with Crippen molar-refractivity contribution in [2.24, 2.45) is 5.73 Å². The van der Waals surface area contributed by atoms with Gasteiger partial charge in [-0.3, -0.25) is 9.69 Å². The van der Waals surface area contributed by atoms with Crippen LogP contribution in [-0.2, 0) is 11.0 Å². The number of primary amides is 1. The van der Waals surface area contributed by atoms with E-state index < -0.39 is 35.8 Å². The number of rotatable bonds is 2. The first kappa shape index (κ1) is 21.9. The van der Waals surface area contributed by atoms with E-state index in [1.807, 2.05) is 6.07 Å². The lowest BCUT2D eigenvalue weighted by Crippen LogP contribution is -2.57. The second-order valence-electron chi connectivity index (χ2n) is 7.38. The van der Waals surface area contributed by atoms with Crippen molar-refractivity contribution in [2.45, 2.75) is 18.6 Å². The van der Waals surface area contributed by atoms with E-state index in [0.29, 0.717) is 16.0 Å². The molecule has 2 aliphatic heterocycles. The summed E-state index contributed by atoms with van der Waals surface area (Å²) in [4.78, 5) is 40.3. The summed E-state index contributed by atoms with van der Waals surface area (Å²) in [6.45, 7) is 0.150. The van der Waals surface area contributed by atoms with Gasteiger partial charge in [-0.05, 0) is 35.9 Å². The molecule has 2 aromatic rings. The molecule has 4 rings (SSSR count). The molecule has 0 aliphatic carbocycles. The largest absolute Gasteiger partial charge is 0.416 e. The Bertz CT molecular complexity index is 1230. The summed E-state index contributed by atoms with van der Waals surface area (Å²) in [6.07, 6.45) is -4.52. The van der Waals surface area contributed by atoms with E-state index in [0.717, 1.165) is 23.1 Å². The highest BCUT2D eigenvalue weighted by Crippen LogP contribution is 2.42. The maximum atomic E-state index is 13.4. The van der Waals surface area contributed by atoms with Gasteiger partial charge in [0.1, 0.15) is 6.04 Å². The fraction of sp³-hybridized carbons (Fsp3) is 0.182. The third-order valence-corrected chi connectivity index (χ3v) is 5.43. The van der Waals surface area contributed by atoms with Crippen molar-refractivity contribution in [1.82, 2.24) is 10.2 Å². The Balaban J connectivity index is 1.95. The molecule has 1 atom stereocenters. The highest BCUT2D eigenvalue weighted by molar-refractivity contribution is 6.10. The number of nitriles is 1. The van der Waals surface area contributed by atoms with Gasteiger partial charge in [-0.15, -0.1) is 0 Å². The molecule has 0 radical (unpaired) electrons. The molecule has 0 bridgehead atoms. The summed E-state index contributed by atoms with van der Waals surface area (Å²) in [6, 6.07) is 8.50. The predicted octanol–water partition coefficient (Wildman–Crippen LogP) is 3.41. The van der Waals surface area contributed by atoms with Gasteiger partial charge in [-0.2, -0.15) is 18.4 Å². The van der Waals surface area contributed by atoms with Crippen molar-refractivity contribution in [2.75, 3.05) is 11.4 Å². The lowest BCUT2D eigenvalue weighted by Gasteiger charge is -2.43. The van der Waals surface area contributed by atoms with E-state index in [1.54, 1.807) is 0 Å². The normalized spacial score (nSPS) is 18.5. The summed E-state index contributed by atoms with van der Waals surface area (Å²) in [7, 11) is 0. The van der Waals surface area contributed by atoms with Crippen molar-refractivity contribution in [3.63, 3.8) is 0 Å². The maximum absolute atomic E-state index is 13.4. The number of benzene rings is 2. The number of imide groups is 1. The second kappa shape index (κ2) is 7.98. The molecule has 2 aliphatic rings. The van der Waals surface area contributed by atoms with Crippen molar-refractivity contribution in [1.29, 1.82) is 5.26 Å². The topological polar surface area (TPSA) is 120 Å². The minimum atomic E-state index is -4.66. The standard InChI is InChI=1S/C22H16F3N5O3/c23-22(24,25)14-2-1-3-15(10-14)29-16-8-9-28-19(31)17(16)18(30(20(27)32)21(29)33)13-6-4-12(11-26)5-7-13/h1-7,10,18H,8-9H2,(H2,27,32)(H,28,31). The number of urea groups is 2. The number of nitrogens with two attached hydrogens (primary N) is 1. The van der Waals surface area contributed by atoms with Gasteiger partial charge >= 0.3 is 18.2 Å². The van der Waals surface area contributed by atoms with Crippen LogP contribution in [0, 0.1) is 11.3 Å². The maximum Gasteiger partial charge on any atom is 0.416 e. The molecule has 8 nitrogen and oxygen atoms in total. The monoisotopic (exact) mass is 455 g/mol. The molecule has 33 heavy (non-hydrogen) atoms. The number of amides is 5. The third kappa shape index (κ3) is 3.76. The fourth-order valence-corrected chi connectivity index (χ4v) is 4.00. The molecule has 0 saturated heterocycles. The zero-order valence-electron chi connectivity index (χ0n) is 16.9. The van der Waals surface area contributed by atoms with Gasteiger partial charge in [-0.1, -0.05) is 18.2 Å². The number of hydrogen-bond acceptors (Lipinski definition) is 4. The SMILES string of the molecule is N#Cc1ccc(C2C3=C(CCNC3=O)N(c3cccc(C(F)(F)F)c3)C(=O)N2C(N)=O)cc1. The highest BCUT2D eigenvalue weighted by atomic mass is 19.4. The third-order valence-electron chi connectivity index (χ3n) is 5.43. The van der Waals surface area contributed by atoms with Crippen LogP contribution in [-0.4, -0.2) is 29.4 Å². The summed E-state index contributed by atoms with van der Waals surface area (Å²) >= 11 is 0. The number of carbonyl (C=O) groups is 3. The van der Waals surface area contributed by atoms with E-state index in [9.17, 15) is 27.6 Å². The van der Waals surface area contributed by atoms with Crippen LogP contribution in [0.1, 0.15) is 29.2 Å². The average molecular weight is 455 g/mol. The van der Waals surface area contributed by atoms with Gasteiger partial charge in [0.25, 0.3) is 5.91 Å². The Hall–Kier alpha value is -4.33. The first-order valence-electron chi connectivity index (χ1n) is 9.75. The van der Waals surface area contributed by atoms with E-state index in [2.05, 4.69) is 5.32 Å². The average Bonchev–Trinajstić information content (AvgIpc) is 2.78. The zero-order valence-corrected chi connectivity index (χ0v) is 16.9. The zero-order chi connectivity index (χ0) is 23.9. The summed E-state index contributed by atoms with van der Waals surface area (Å²) < 4.78 is 39.9. The lowest BCUT2D eigenvalue weighted by atomic mass is 9.89. The summed E-state index contributed by atoms with van der Waals surface area (Å²) in [5, 5.41) is 11.7. The van der Waals surface area contributed by atoms with E-state index in [-0.39, 0.29) is 29.9 Å². The van der Waals surface area contributed by atoms with Crippen LogP contribution in [0.4, 0.5) is 28.4 Å². The van der Waals surface area contributed by atoms with Crippen molar-refractivity contribution >= 4 is 23.7 Å². The Morgan fingerprint density at radius 2 is 1.85 bits per heavy atom. The fourth-order valence-electron chi connectivity index (χ4n) is 4.00. The molecule has 0 aromatic heterocycles. The molecular formula is C22H16F3N5O3. The minimum absolute atomic E-state index is 0.0155. The number of halogens is 3. The number of hydrogen-bond donors (Lipinski definition) is 2. The summed E-state index contributed by atoms with van der Waals surface area (Å²) in [5.41, 5.74) is 5.21. The van der Waals surface area contributed by atoms with Gasteiger partial charge < -0.3 is 11.1 Å². The number of alkyl halides is 3. The molecular weight excluding hydrogens is 439 g/mol. The van der Waals surface area contributed by atoms with E-state index in [1.165, 1.54) is 30.3 Å². The van der Waals surface area contributed by atoms with Crippen LogP contribution in [0.3, 0.4) is 0 Å². The smallest absolute Gasteiger partial charge is 0.352 e. The first-order chi connectivity index (χ1) is 15.6. The number of anilines is 1. The number of carbonyl (C=O) groups excluding carboxylic acids is 3. The van der Waals surface area contributed by atoms with Gasteiger partial charge in [-0.25, -0.2) is 14.5 Å². The minimum Gasteiger partial charge on any atom is -0.352 e. The Labute approximate surface area is 185 Å². The highest BCUT2D eigenvalue weighted by Gasteiger charge is 2.47. The van der Waals surface area contributed by atoms with E-state index in [4.69, 9.17) is 11.0 Å². The molecule has 5 amide bonds. The Kier molecular flexibility index (Phi) is 5.29. The quantitative estimate of drug-likeness (QED) is 0.721. The molecule has 11 heteroatoms. The van der Waals surface area contributed by atoms with Crippen molar-refractivity contribution in [3.05, 3.63) is 76.5 Å². The molecule has 0 spiro atoms. The lowest BCUT2D eigenvalue weighted by molar-refractivity contribution is -0.137. The van der Waals surface area contributed by atoms with Crippen molar-refractivity contribution in [3.8, 4) is 6.07 Å². The molecule has 0 fully saturated rings. The molecule has 2 heterocycles. The number of nitrogens with zero attached hydrogens (tertiary/aromatic N) is 3. The molecule has 3 N–H and O–H groups in total. The Morgan fingerprint density at radius 1 is 1.15 bits per heavy atom. The van der Waals surface area contributed by atoms with Crippen molar-refractivity contribution < 1.29 is 27.6 Å². The van der Waals surface area contributed by atoms with Gasteiger partial charge in [0, 0.05) is 18.7 Å².